The van der Waals surface area contributed by atoms with Gasteiger partial charge in [0.25, 0.3) is 11.8 Å². The van der Waals surface area contributed by atoms with E-state index < -0.39 is 23.8 Å². The summed E-state index contributed by atoms with van der Waals surface area (Å²) in [4.78, 5) is 25.7. The van der Waals surface area contributed by atoms with Gasteiger partial charge in [-0.1, -0.05) is 28.1 Å². The molecule has 2 amide bonds. The van der Waals surface area contributed by atoms with Gasteiger partial charge in [-0.3, -0.25) is 14.8 Å². The number of hydrogen-bond donors (Lipinski definition) is 1. The molecule has 2 aromatic rings. The summed E-state index contributed by atoms with van der Waals surface area (Å²) in [7, 11) is 0. The average molecular weight is 379 g/mol. The van der Waals surface area contributed by atoms with E-state index in [1.54, 1.807) is 24.3 Å². The van der Waals surface area contributed by atoms with E-state index in [4.69, 9.17) is 0 Å². The van der Waals surface area contributed by atoms with Crippen LogP contribution in [0.25, 0.3) is 0 Å². The minimum Gasteiger partial charge on any atom is -0.302 e. The number of hydroxylamine groups is 2. The van der Waals surface area contributed by atoms with Gasteiger partial charge in [0.15, 0.2) is 6.17 Å². The van der Waals surface area contributed by atoms with Crippen molar-refractivity contribution < 1.29 is 19.2 Å². The van der Waals surface area contributed by atoms with E-state index in [2.05, 4.69) is 15.9 Å². The monoisotopic (exact) mass is 378 g/mol. The highest BCUT2D eigenvalue weighted by Gasteiger charge is 2.41. The van der Waals surface area contributed by atoms with Gasteiger partial charge in [0, 0.05) is 10.0 Å². The maximum atomic E-state index is 13.0. The van der Waals surface area contributed by atoms with Gasteiger partial charge >= 0.3 is 0 Å². The molecule has 7 heteroatoms. The van der Waals surface area contributed by atoms with Crippen LogP contribution in [0, 0.1) is 5.82 Å². The SMILES string of the molecule is O=C1CN(C(=O)c2ccc(F)cc2)C(c2cccc(Br)c2)N1O. The number of hydrogen-bond acceptors (Lipinski definition) is 3. The Balaban J connectivity index is 1.97. The molecule has 118 valence electrons. The Bertz CT molecular complexity index is 766. The summed E-state index contributed by atoms with van der Waals surface area (Å²) in [6.07, 6.45) is -0.919. The molecule has 1 unspecified atom stereocenters. The molecule has 0 saturated carbocycles. The van der Waals surface area contributed by atoms with E-state index >= 15 is 0 Å². The number of amides is 2. The normalized spacial score (nSPS) is 17.7. The summed E-state index contributed by atoms with van der Waals surface area (Å²) in [5, 5.41) is 10.6. The van der Waals surface area contributed by atoms with Gasteiger partial charge in [-0.05, 0) is 42.0 Å². The molecule has 1 N–H and O–H groups in total. The van der Waals surface area contributed by atoms with Crippen molar-refractivity contribution in [3.8, 4) is 0 Å². The largest absolute Gasteiger partial charge is 0.302 e. The van der Waals surface area contributed by atoms with Crippen LogP contribution in [-0.2, 0) is 4.79 Å². The van der Waals surface area contributed by atoms with Gasteiger partial charge < -0.3 is 4.90 Å². The molecule has 0 radical (unpaired) electrons. The third-order valence-electron chi connectivity index (χ3n) is 3.59. The number of rotatable bonds is 2. The van der Waals surface area contributed by atoms with Crippen LogP contribution in [0.1, 0.15) is 22.1 Å². The highest BCUT2D eigenvalue weighted by Crippen LogP contribution is 2.31. The lowest BCUT2D eigenvalue weighted by molar-refractivity contribution is -0.168. The maximum absolute atomic E-state index is 13.0. The summed E-state index contributed by atoms with van der Waals surface area (Å²) in [5.74, 6) is -1.49. The quantitative estimate of drug-likeness (QED) is 0.817. The first-order valence-electron chi connectivity index (χ1n) is 6.80. The third kappa shape index (κ3) is 2.97. The number of carbonyl (C=O) groups is 2. The first-order valence-corrected chi connectivity index (χ1v) is 7.59. The standard InChI is InChI=1S/C16H12BrFN2O3/c17-12-3-1-2-11(8-12)15-19(9-14(21)20(15)23)16(22)10-4-6-13(18)7-5-10/h1-8,15,23H,9H2. The molecule has 1 aliphatic rings. The molecule has 1 aliphatic heterocycles. The Morgan fingerprint density at radius 3 is 2.57 bits per heavy atom. The Morgan fingerprint density at radius 2 is 1.91 bits per heavy atom. The van der Waals surface area contributed by atoms with Crippen molar-refractivity contribution >= 4 is 27.7 Å². The topological polar surface area (TPSA) is 60.9 Å². The van der Waals surface area contributed by atoms with Crippen LogP contribution in [0.15, 0.2) is 53.0 Å². The lowest BCUT2D eigenvalue weighted by Gasteiger charge is -2.26. The molecule has 0 spiro atoms. The van der Waals surface area contributed by atoms with Crippen LogP contribution in [0.4, 0.5) is 4.39 Å². The smallest absolute Gasteiger partial charge is 0.267 e. The second-order valence-corrected chi connectivity index (χ2v) is 6.02. The van der Waals surface area contributed by atoms with Crippen molar-refractivity contribution in [2.45, 2.75) is 6.17 Å². The summed E-state index contributed by atoms with van der Waals surface area (Å²) in [5.41, 5.74) is 0.831. The summed E-state index contributed by atoms with van der Waals surface area (Å²) in [6.45, 7) is -0.246. The van der Waals surface area contributed by atoms with Crippen LogP contribution in [0.2, 0.25) is 0 Å². The van der Waals surface area contributed by atoms with E-state index in [1.807, 2.05) is 0 Å². The van der Waals surface area contributed by atoms with Crippen molar-refractivity contribution in [3.05, 3.63) is 69.9 Å². The van der Waals surface area contributed by atoms with E-state index in [0.717, 1.165) is 4.47 Å². The first-order chi connectivity index (χ1) is 11.0. The third-order valence-corrected chi connectivity index (χ3v) is 4.08. The van der Waals surface area contributed by atoms with Gasteiger partial charge in [0.1, 0.15) is 12.4 Å². The van der Waals surface area contributed by atoms with Crippen LogP contribution >= 0.6 is 15.9 Å². The zero-order valence-electron chi connectivity index (χ0n) is 11.8. The van der Waals surface area contributed by atoms with Crippen molar-refractivity contribution in [1.29, 1.82) is 0 Å². The first kappa shape index (κ1) is 15.6. The van der Waals surface area contributed by atoms with Crippen LogP contribution in [0.5, 0.6) is 0 Å². The molecule has 5 nitrogen and oxygen atoms in total. The summed E-state index contributed by atoms with van der Waals surface area (Å²) >= 11 is 3.32. The van der Waals surface area contributed by atoms with Gasteiger partial charge in [-0.25, -0.2) is 4.39 Å². The number of halogens is 2. The Kier molecular flexibility index (Phi) is 4.14. The minimum absolute atomic E-state index is 0.245. The highest BCUT2D eigenvalue weighted by atomic mass is 79.9. The predicted molar refractivity (Wildman–Crippen MR) is 83.0 cm³/mol. The Morgan fingerprint density at radius 1 is 1.22 bits per heavy atom. The van der Waals surface area contributed by atoms with Gasteiger partial charge in [0.05, 0.1) is 0 Å². The molecule has 1 atom stereocenters. The molecule has 1 heterocycles. The average Bonchev–Trinajstić information content (AvgIpc) is 2.83. The molecule has 23 heavy (non-hydrogen) atoms. The maximum Gasteiger partial charge on any atom is 0.267 e. The molecule has 2 aromatic carbocycles. The number of nitrogens with zero attached hydrogens (tertiary/aromatic N) is 2. The Hall–Kier alpha value is -2.25. The molecule has 3 rings (SSSR count). The van der Waals surface area contributed by atoms with E-state index in [1.165, 1.54) is 29.2 Å². The van der Waals surface area contributed by atoms with Crippen LogP contribution in [0.3, 0.4) is 0 Å². The fourth-order valence-electron chi connectivity index (χ4n) is 2.50. The molecule has 1 saturated heterocycles. The van der Waals surface area contributed by atoms with Crippen molar-refractivity contribution in [1.82, 2.24) is 9.96 Å². The minimum atomic E-state index is -0.919. The zero-order valence-corrected chi connectivity index (χ0v) is 13.4. The van der Waals surface area contributed by atoms with E-state index in [9.17, 15) is 19.2 Å². The van der Waals surface area contributed by atoms with Crippen LogP contribution in [-0.4, -0.2) is 33.5 Å². The van der Waals surface area contributed by atoms with E-state index in [0.29, 0.717) is 10.6 Å². The fraction of sp³-hybridized carbons (Fsp3) is 0.125. The summed E-state index contributed by atoms with van der Waals surface area (Å²) < 4.78 is 13.8. The van der Waals surface area contributed by atoms with Gasteiger partial charge in [-0.2, -0.15) is 5.06 Å². The highest BCUT2D eigenvalue weighted by molar-refractivity contribution is 9.10. The van der Waals surface area contributed by atoms with Crippen molar-refractivity contribution in [3.63, 3.8) is 0 Å². The summed E-state index contributed by atoms with van der Waals surface area (Å²) in [6, 6.07) is 12.0. The molecule has 1 fully saturated rings. The zero-order chi connectivity index (χ0) is 16.6. The second kappa shape index (κ2) is 6.10. The second-order valence-electron chi connectivity index (χ2n) is 5.11. The van der Waals surface area contributed by atoms with Crippen molar-refractivity contribution in [2.75, 3.05) is 6.54 Å². The fourth-order valence-corrected chi connectivity index (χ4v) is 2.92. The van der Waals surface area contributed by atoms with Crippen LogP contribution < -0.4 is 0 Å². The molecule has 0 bridgehead atoms. The molecule has 0 aliphatic carbocycles. The molecular formula is C16H12BrFN2O3. The lowest BCUT2D eigenvalue weighted by atomic mass is 10.1. The Labute approximate surface area is 140 Å². The van der Waals surface area contributed by atoms with Gasteiger partial charge in [0.2, 0.25) is 0 Å². The number of carbonyl (C=O) groups excluding carboxylic acids is 2. The molecule has 0 aromatic heterocycles. The van der Waals surface area contributed by atoms with Crippen molar-refractivity contribution in [2.24, 2.45) is 0 Å². The molecular weight excluding hydrogens is 367 g/mol. The number of benzene rings is 2. The van der Waals surface area contributed by atoms with Gasteiger partial charge in [-0.15, -0.1) is 0 Å². The van der Waals surface area contributed by atoms with E-state index in [-0.39, 0.29) is 12.1 Å². The lowest BCUT2D eigenvalue weighted by Crippen LogP contribution is -2.34. The predicted octanol–water partition coefficient (Wildman–Crippen LogP) is 2.96.